The summed E-state index contributed by atoms with van der Waals surface area (Å²) in [5.41, 5.74) is 0.150. The molecule has 0 unspecified atom stereocenters. The van der Waals surface area contributed by atoms with Gasteiger partial charge in [-0.2, -0.15) is 0 Å². The van der Waals surface area contributed by atoms with Gasteiger partial charge < -0.3 is 20.2 Å². The van der Waals surface area contributed by atoms with Crippen molar-refractivity contribution in [1.29, 1.82) is 0 Å². The zero-order chi connectivity index (χ0) is 18.3. The maximum Gasteiger partial charge on any atom is 0.317 e. The smallest absolute Gasteiger partial charge is 0.317 e. The Morgan fingerprint density at radius 1 is 1.28 bits per heavy atom. The van der Waals surface area contributed by atoms with E-state index in [1.165, 1.54) is 12.8 Å². The summed E-state index contributed by atoms with van der Waals surface area (Å²) in [6.07, 6.45) is 3.45. The summed E-state index contributed by atoms with van der Waals surface area (Å²) in [6, 6.07) is 9.81. The lowest BCUT2D eigenvalue weighted by atomic mass is 9.94. The molecule has 1 fully saturated rings. The molecular formula is C20H33N3O2. The molecule has 0 bridgehead atoms. The van der Waals surface area contributed by atoms with E-state index in [9.17, 15) is 9.90 Å². The topological polar surface area (TPSA) is 55.8 Å². The minimum absolute atomic E-state index is 0.0982. The van der Waals surface area contributed by atoms with Crippen LogP contribution >= 0.6 is 0 Å². The van der Waals surface area contributed by atoms with Crippen molar-refractivity contribution in [1.82, 2.24) is 15.1 Å². The second-order valence-electron chi connectivity index (χ2n) is 7.92. The van der Waals surface area contributed by atoms with Crippen LogP contribution in [-0.4, -0.2) is 59.8 Å². The summed E-state index contributed by atoms with van der Waals surface area (Å²) in [5, 5.41) is 13.2. The molecular weight excluding hydrogens is 314 g/mol. The van der Waals surface area contributed by atoms with E-state index >= 15 is 0 Å². The first-order valence-corrected chi connectivity index (χ1v) is 9.31. The molecule has 0 spiro atoms. The van der Waals surface area contributed by atoms with E-state index in [0.717, 1.165) is 25.1 Å². The van der Waals surface area contributed by atoms with E-state index in [4.69, 9.17) is 0 Å². The molecule has 140 valence electrons. The summed E-state index contributed by atoms with van der Waals surface area (Å²) in [7, 11) is 2.16. The lowest BCUT2D eigenvalue weighted by molar-refractivity contribution is 0.0446. The van der Waals surface area contributed by atoms with Gasteiger partial charge in [-0.3, -0.25) is 0 Å². The van der Waals surface area contributed by atoms with Crippen LogP contribution in [0.2, 0.25) is 0 Å². The Kier molecular flexibility index (Phi) is 7.26. The number of likely N-dealkylation sites (tertiary alicyclic amines) is 1. The quantitative estimate of drug-likeness (QED) is 0.797. The number of amides is 2. The molecule has 1 aliphatic heterocycles. The van der Waals surface area contributed by atoms with Gasteiger partial charge in [-0.05, 0) is 64.7 Å². The summed E-state index contributed by atoms with van der Waals surface area (Å²) in [4.78, 5) is 16.7. The third kappa shape index (κ3) is 7.45. The number of rotatable bonds is 7. The average Bonchev–Trinajstić information content (AvgIpc) is 2.56. The lowest BCUT2D eigenvalue weighted by Crippen LogP contribution is -2.47. The highest BCUT2D eigenvalue weighted by atomic mass is 16.3. The SMILES string of the molecule is CN1CCC(CCNC(=O)N(Cc2ccccc2)CC(C)(C)O)CC1. The van der Waals surface area contributed by atoms with Gasteiger partial charge in [0.25, 0.3) is 0 Å². The number of hydrogen-bond donors (Lipinski definition) is 2. The number of benzene rings is 1. The Morgan fingerprint density at radius 3 is 2.52 bits per heavy atom. The lowest BCUT2D eigenvalue weighted by Gasteiger charge is -2.31. The van der Waals surface area contributed by atoms with Crippen molar-refractivity contribution in [2.24, 2.45) is 5.92 Å². The van der Waals surface area contributed by atoms with Crippen LogP contribution in [-0.2, 0) is 6.54 Å². The number of hydrogen-bond acceptors (Lipinski definition) is 3. The Labute approximate surface area is 152 Å². The summed E-state index contributed by atoms with van der Waals surface area (Å²) >= 11 is 0. The Bertz CT molecular complexity index is 519. The molecule has 2 rings (SSSR count). The summed E-state index contributed by atoms with van der Waals surface area (Å²) in [5.74, 6) is 0.702. The Balaban J connectivity index is 1.84. The largest absolute Gasteiger partial charge is 0.389 e. The van der Waals surface area contributed by atoms with E-state index < -0.39 is 5.60 Å². The number of carbonyl (C=O) groups is 1. The van der Waals surface area contributed by atoms with Crippen molar-refractivity contribution >= 4 is 6.03 Å². The molecule has 1 aliphatic rings. The minimum atomic E-state index is -0.917. The van der Waals surface area contributed by atoms with Crippen molar-refractivity contribution in [3.63, 3.8) is 0 Å². The summed E-state index contributed by atoms with van der Waals surface area (Å²) in [6.45, 7) is 7.28. The fraction of sp³-hybridized carbons (Fsp3) is 0.650. The molecule has 1 aromatic carbocycles. The Morgan fingerprint density at radius 2 is 1.92 bits per heavy atom. The predicted octanol–water partition coefficient (Wildman–Crippen LogP) is 2.70. The molecule has 0 saturated carbocycles. The van der Waals surface area contributed by atoms with Crippen molar-refractivity contribution in [3.05, 3.63) is 35.9 Å². The number of nitrogens with zero attached hydrogens (tertiary/aromatic N) is 2. The molecule has 0 atom stereocenters. The van der Waals surface area contributed by atoms with Crippen LogP contribution in [0.5, 0.6) is 0 Å². The van der Waals surface area contributed by atoms with Crippen LogP contribution in [0.15, 0.2) is 30.3 Å². The predicted molar refractivity (Wildman–Crippen MR) is 101 cm³/mol. The average molecular weight is 348 g/mol. The van der Waals surface area contributed by atoms with Gasteiger partial charge in [0.2, 0.25) is 0 Å². The monoisotopic (exact) mass is 347 g/mol. The molecule has 1 saturated heterocycles. The van der Waals surface area contributed by atoms with E-state index in [2.05, 4.69) is 17.3 Å². The van der Waals surface area contributed by atoms with Crippen LogP contribution < -0.4 is 5.32 Å². The van der Waals surface area contributed by atoms with Gasteiger partial charge in [-0.15, -0.1) is 0 Å². The molecule has 2 amide bonds. The number of nitrogens with one attached hydrogen (secondary N) is 1. The second-order valence-corrected chi connectivity index (χ2v) is 7.92. The number of piperidine rings is 1. The minimum Gasteiger partial charge on any atom is -0.389 e. The van der Waals surface area contributed by atoms with Gasteiger partial charge in [-0.25, -0.2) is 4.79 Å². The molecule has 5 heteroatoms. The van der Waals surface area contributed by atoms with Crippen LogP contribution in [0.25, 0.3) is 0 Å². The van der Waals surface area contributed by atoms with Gasteiger partial charge in [0.1, 0.15) is 0 Å². The molecule has 2 N–H and O–H groups in total. The maximum atomic E-state index is 12.6. The zero-order valence-corrected chi connectivity index (χ0v) is 15.9. The van der Waals surface area contributed by atoms with Gasteiger partial charge in [0, 0.05) is 13.1 Å². The van der Waals surface area contributed by atoms with Crippen LogP contribution in [0, 0.1) is 5.92 Å². The van der Waals surface area contributed by atoms with Gasteiger partial charge >= 0.3 is 6.03 Å². The van der Waals surface area contributed by atoms with Crippen LogP contribution in [0.1, 0.15) is 38.7 Å². The molecule has 25 heavy (non-hydrogen) atoms. The first-order chi connectivity index (χ1) is 11.8. The second kappa shape index (κ2) is 9.20. The molecule has 1 heterocycles. The first kappa shape index (κ1) is 19.7. The van der Waals surface area contributed by atoms with Crippen molar-refractivity contribution in [2.75, 3.05) is 33.2 Å². The highest BCUT2D eigenvalue weighted by Crippen LogP contribution is 2.19. The van der Waals surface area contributed by atoms with Crippen LogP contribution in [0.3, 0.4) is 0 Å². The fourth-order valence-electron chi connectivity index (χ4n) is 3.32. The van der Waals surface area contributed by atoms with Crippen LogP contribution in [0.4, 0.5) is 4.79 Å². The maximum absolute atomic E-state index is 12.6. The molecule has 0 aliphatic carbocycles. The first-order valence-electron chi connectivity index (χ1n) is 9.31. The highest BCUT2D eigenvalue weighted by molar-refractivity contribution is 5.74. The molecule has 0 aromatic heterocycles. The zero-order valence-electron chi connectivity index (χ0n) is 15.9. The van der Waals surface area contributed by atoms with E-state index in [1.807, 2.05) is 30.3 Å². The third-order valence-corrected chi connectivity index (χ3v) is 4.75. The van der Waals surface area contributed by atoms with E-state index in [0.29, 0.717) is 25.6 Å². The summed E-state index contributed by atoms with van der Waals surface area (Å²) < 4.78 is 0. The number of aliphatic hydroxyl groups is 1. The van der Waals surface area contributed by atoms with Crippen molar-refractivity contribution < 1.29 is 9.90 Å². The fourth-order valence-corrected chi connectivity index (χ4v) is 3.32. The third-order valence-electron chi connectivity index (χ3n) is 4.75. The van der Waals surface area contributed by atoms with Gasteiger partial charge in [0.05, 0.1) is 12.1 Å². The number of carbonyl (C=O) groups excluding carboxylic acids is 1. The van der Waals surface area contributed by atoms with Crippen molar-refractivity contribution in [3.8, 4) is 0 Å². The van der Waals surface area contributed by atoms with E-state index in [-0.39, 0.29) is 6.03 Å². The number of urea groups is 1. The van der Waals surface area contributed by atoms with Crippen molar-refractivity contribution in [2.45, 2.75) is 45.3 Å². The standard InChI is InChI=1S/C20H33N3O2/c1-20(2,25)16-23(15-18-7-5-4-6-8-18)19(24)21-12-9-17-10-13-22(3)14-11-17/h4-8,17,25H,9-16H2,1-3H3,(H,21,24). The Hall–Kier alpha value is -1.59. The van der Waals surface area contributed by atoms with E-state index in [1.54, 1.807) is 18.7 Å². The highest BCUT2D eigenvalue weighted by Gasteiger charge is 2.23. The van der Waals surface area contributed by atoms with Gasteiger partial charge in [0.15, 0.2) is 0 Å². The van der Waals surface area contributed by atoms with Gasteiger partial charge in [-0.1, -0.05) is 30.3 Å². The molecule has 0 radical (unpaired) electrons. The molecule has 5 nitrogen and oxygen atoms in total. The normalized spacial score (nSPS) is 16.6. The molecule has 1 aromatic rings.